The molecule has 1 aromatic heterocycles. The number of nitrogens with zero attached hydrogens (tertiary/aromatic N) is 3. The monoisotopic (exact) mass is 299 g/mol. The zero-order chi connectivity index (χ0) is 15.9. The third-order valence-corrected chi connectivity index (χ3v) is 4.66. The van der Waals surface area contributed by atoms with Crippen molar-refractivity contribution in [2.75, 3.05) is 13.1 Å². The Morgan fingerprint density at radius 2 is 1.91 bits per heavy atom. The number of carbonyl (C=O) groups excluding carboxylic acids is 1. The number of hydrogen-bond acceptors (Lipinski definition) is 2. The predicted octanol–water partition coefficient (Wildman–Crippen LogP) is 3.47. The van der Waals surface area contributed by atoms with Gasteiger partial charge in [-0.1, -0.05) is 19.9 Å². The molecule has 1 amide bonds. The van der Waals surface area contributed by atoms with Gasteiger partial charge in [-0.3, -0.25) is 4.79 Å². The Bertz CT molecular complexity index is 694. The number of benzene rings is 1. The van der Waals surface area contributed by atoms with Crippen molar-refractivity contribution in [2.24, 2.45) is 5.92 Å². The summed E-state index contributed by atoms with van der Waals surface area (Å²) in [5, 5.41) is 0. The lowest BCUT2D eigenvalue weighted by molar-refractivity contribution is -0.135. The van der Waals surface area contributed by atoms with Gasteiger partial charge in [0.15, 0.2) is 0 Å². The number of hydrogen-bond donors (Lipinski definition) is 0. The minimum atomic E-state index is 0.0926. The summed E-state index contributed by atoms with van der Waals surface area (Å²) in [6.45, 7) is 9.87. The van der Waals surface area contributed by atoms with Crippen molar-refractivity contribution < 1.29 is 4.79 Å². The van der Waals surface area contributed by atoms with Crippen LogP contribution in [0.3, 0.4) is 0 Å². The number of piperidine rings is 1. The Morgan fingerprint density at radius 1 is 1.23 bits per heavy atom. The third-order valence-electron chi connectivity index (χ3n) is 4.66. The van der Waals surface area contributed by atoms with Crippen molar-refractivity contribution >= 4 is 16.9 Å². The minimum absolute atomic E-state index is 0.0926. The lowest BCUT2D eigenvalue weighted by Crippen LogP contribution is -2.41. The zero-order valence-corrected chi connectivity index (χ0v) is 14.0. The highest BCUT2D eigenvalue weighted by Crippen LogP contribution is 2.29. The maximum absolute atomic E-state index is 12.1. The Kier molecular flexibility index (Phi) is 3.94. The minimum Gasteiger partial charge on any atom is -0.342 e. The van der Waals surface area contributed by atoms with E-state index in [1.54, 1.807) is 0 Å². The number of likely N-dealkylation sites (tertiary alicyclic amines) is 1. The van der Waals surface area contributed by atoms with E-state index in [1.807, 2.05) is 18.7 Å². The van der Waals surface area contributed by atoms with Crippen LogP contribution in [0.5, 0.6) is 0 Å². The maximum atomic E-state index is 12.1. The molecule has 0 radical (unpaired) electrons. The Hall–Kier alpha value is -1.84. The van der Waals surface area contributed by atoms with Crippen molar-refractivity contribution in [3.8, 4) is 0 Å². The van der Waals surface area contributed by atoms with Crippen LogP contribution < -0.4 is 0 Å². The summed E-state index contributed by atoms with van der Waals surface area (Å²) in [5.74, 6) is 1.45. The van der Waals surface area contributed by atoms with Gasteiger partial charge in [0.05, 0.1) is 11.0 Å². The average Bonchev–Trinajstić information content (AvgIpc) is 2.82. The van der Waals surface area contributed by atoms with E-state index in [0.717, 1.165) is 37.3 Å². The summed E-state index contributed by atoms with van der Waals surface area (Å²) in [7, 11) is 0. The third kappa shape index (κ3) is 2.62. The lowest BCUT2D eigenvalue weighted by atomic mass is 10.0. The van der Waals surface area contributed by atoms with Crippen LogP contribution in [0, 0.1) is 19.8 Å². The summed E-state index contributed by atoms with van der Waals surface area (Å²) in [6, 6.07) is 6.89. The van der Waals surface area contributed by atoms with E-state index in [2.05, 4.69) is 36.6 Å². The molecule has 0 unspecified atom stereocenters. The highest BCUT2D eigenvalue weighted by atomic mass is 16.2. The molecule has 3 rings (SSSR count). The van der Waals surface area contributed by atoms with E-state index >= 15 is 0 Å². The van der Waals surface area contributed by atoms with E-state index in [0.29, 0.717) is 6.04 Å². The van der Waals surface area contributed by atoms with Gasteiger partial charge in [0, 0.05) is 25.0 Å². The Balaban J connectivity index is 1.83. The summed E-state index contributed by atoms with van der Waals surface area (Å²) >= 11 is 0. The summed E-state index contributed by atoms with van der Waals surface area (Å²) in [5.41, 5.74) is 3.57. The first kappa shape index (κ1) is 15.1. The van der Waals surface area contributed by atoms with Crippen LogP contribution in [0.2, 0.25) is 0 Å². The van der Waals surface area contributed by atoms with E-state index in [4.69, 9.17) is 4.98 Å². The quantitative estimate of drug-likeness (QED) is 0.851. The SMILES string of the molecule is Cc1ccc2nc(C)n(C3CCN(C(=O)C(C)C)CC3)c2c1. The maximum Gasteiger partial charge on any atom is 0.225 e. The second-order valence-corrected chi connectivity index (χ2v) is 6.73. The fourth-order valence-electron chi connectivity index (χ4n) is 3.49. The molecule has 0 atom stereocenters. The summed E-state index contributed by atoms with van der Waals surface area (Å²) in [4.78, 5) is 18.8. The molecule has 118 valence electrons. The van der Waals surface area contributed by atoms with Crippen LogP contribution in [-0.2, 0) is 4.79 Å². The smallest absolute Gasteiger partial charge is 0.225 e. The molecule has 2 aromatic rings. The van der Waals surface area contributed by atoms with Crippen LogP contribution in [-0.4, -0.2) is 33.4 Å². The number of imidazole rings is 1. The zero-order valence-electron chi connectivity index (χ0n) is 14.0. The van der Waals surface area contributed by atoms with Crippen molar-refractivity contribution in [3.05, 3.63) is 29.6 Å². The summed E-state index contributed by atoms with van der Waals surface area (Å²) < 4.78 is 2.37. The van der Waals surface area contributed by atoms with Gasteiger partial charge in [-0.05, 0) is 44.4 Å². The molecule has 22 heavy (non-hydrogen) atoms. The second-order valence-electron chi connectivity index (χ2n) is 6.73. The van der Waals surface area contributed by atoms with Crippen LogP contribution in [0.1, 0.15) is 44.1 Å². The van der Waals surface area contributed by atoms with Crippen LogP contribution >= 0.6 is 0 Å². The first-order chi connectivity index (χ1) is 10.5. The van der Waals surface area contributed by atoms with Gasteiger partial charge in [0.25, 0.3) is 0 Å². The topological polar surface area (TPSA) is 38.1 Å². The lowest BCUT2D eigenvalue weighted by Gasteiger charge is -2.34. The molecule has 0 saturated carbocycles. The van der Waals surface area contributed by atoms with Gasteiger partial charge in [-0.25, -0.2) is 4.98 Å². The highest BCUT2D eigenvalue weighted by Gasteiger charge is 2.26. The molecular formula is C18H25N3O. The molecule has 1 fully saturated rings. The molecule has 0 bridgehead atoms. The molecule has 0 aliphatic carbocycles. The molecule has 0 N–H and O–H groups in total. The highest BCUT2D eigenvalue weighted by molar-refractivity contribution is 5.78. The number of rotatable bonds is 2. The van der Waals surface area contributed by atoms with Crippen LogP contribution in [0.25, 0.3) is 11.0 Å². The molecule has 1 saturated heterocycles. The van der Waals surface area contributed by atoms with Crippen molar-refractivity contribution in [2.45, 2.75) is 46.6 Å². The molecule has 4 nitrogen and oxygen atoms in total. The standard InChI is InChI=1S/C18H25N3O/c1-12(2)18(22)20-9-7-15(8-10-20)21-14(4)19-16-6-5-13(3)11-17(16)21/h5-6,11-12,15H,7-10H2,1-4H3. The first-order valence-corrected chi connectivity index (χ1v) is 8.21. The van der Waals surface area contributed by atoms with Gasteiger partial charge in [-0.15, -0.1) is 0 Å². The van der Waals surface area contributed by atoms with Crippen molar-refractivity contribution in [1.82, 2.24) is 14.5 Å². The largest absolute Gasteiger partial charge is 0.342 e. The first-order valence-electron chi connectivity index (χ1n) is 8.21. The van der Waals surface area contributed by atoms with Crippen LogP contribution in [0.4, 0.5) is 0 Å². The van der Waals surface area contributed by atoms with Crippen molar-refractivity contribution in [3.63, 3.8) is 0 Å². The van der Waals surface area contributed by atoms with Crippen LogP contribution in [0.15, 0.2) is 18.2 Å². The van der Waals surface area contributed by atoms with E-state index in [-0.39, 0.29) is 11.8 Å². The fraction of sp³-hybridized carbons (Fsp3) is 0.556. The Labute approximate surface area is 132 Å². The van der Waals surface area contributed by atoms with E-state index < -0.39 is 0 Å². The molecule has 1 aromatic carbocycles. The number of fused-ring (bicyclic) bond motifs is 1. The predicted molar refractivity (Wildman–Crippen MR) is 88.9 cm³/mol. The van der Waals surface area contributed by atoms with E-state index in [1.165, 1.54) is 11.1 Å². The second kappa shape index (κ2) is 5.75. The summed E-state index contributed by atoms with van der Waals surface area (Å²) in [6.07, 6.45) is 2.03. The van der Waals surface area contributed by atoms with Gasteiger partial charge >= 0.3 is 0 Å². The molecule has 4 heteroatoms. The van der Waals surface area contributed by atoms with Gasteiger partial charge < -0.3 is 9.47 Å². The number of aryl methyl sites for hydroxylation is 2. The fourth-order valence-corrected chi connectivity index (χ4v) is 3.49. The number of amides is 1. The van der Waals surface area contributed by atoms with Gasteiger partial charge in [0.2, 0.25) is 5.91 Å². The average molecular weight is 299 g/mol. The van der Waals surface area contributed by atoms with E-state index in [9.17, 15) is 4.79 Å². The number of aromatic nitrogens is 2. The molecular weight excluding hydrogens is 274 g/mol. The van der Waals surface area contributed by atoms with Crippen molar-refractivity contribution in [1.29, 1.82) is 0 Å². The Morgan fingerprint density at radius 3 is 2.55 bits per heavy atom. The normalized spacial score (nSPS) is 16.7. The molecule has 2 heterocycles. The van der Waals surface area contributed by atoms with Gasteiger partial charge in [0.1, 0.15) is 5.82 Å². The van der Waals surface area contributed by atoms with Gasteiger partial charge in [-0.2, -0.15) is 0 Å². The number of carbonyl (C=O) groups is 1. The molecule has 1 aliphatic rings. The molecule has 0 spiro atoms. The molecule has 1 aliphatic heterocycles.